The minimum Gasteiger partial charge on any atom is -0.496 e. The molecule has 0 unspecified atom stereocenters. The van der Waals surface area contributed by atoms with Gasteiger partial charge in [-0.05, 0) is 49.8 Å². The topological polar surface area (TPSA) is 99.9 Å². The van der Waals surface area contributed by atoms with Crippen molar-refractivity contribution in [2.75, 3.05) is 7.11 Å². The van der Waals surface area contributed by atoms with Gasteiger partial charge in [0.25, 0.3) is 0 Å². The van der Waals surface area contributed by atoms with Crippen molar-refractivity contribution in [2.24, 2.45) is 7.05 Å². The van der Waals surface area contributed by atoms with E-state index in [2.05, 4.69) is 0 Å². The number of nitrogens with zero attached hydrogens (tertiary/aromatic N) is 2. The van der Waals surface area contributed by atoms with E-state index in [0.29, 0.717) is 27.6 Å². The maximum atomic E-state index is 13.9. The number of aryl methyl sites for hydroxylation is 1. The molecule has 5 aromatic rings. The molecule has 3 heterocycles. The molecule has 0 aliphatic carbocycles. The van der Waals surface area contributed by atoms with Crippen LogP contribution in [0.2, 0.25) is 0 Å². The summed E-state index contributed by atoms with van der Waals surface area (Å²) in [7, 11) is 3.15. The fourth-order valence-electron chi connectivity index (χ4n) is 5.70. The fraction of sp³-hybridized carbons (Fsp3) is 0.242. The molecule has 0 saturated heterocycles. The summed E-state index contributed by atoms with van der Waals surface area (Å²) in [5.41, 5.74) is -0.458. The monoisotopic (exact) mass is 604 g/mol. The maximum Gasteiger partial charge on any atom is 0.416 e. The first kappa shape index (κ1) is 29.2. The summed E-state index contributed by atoms with van der Waals surface area (Å²) in [6.07, 6.45) is -4.77. The van der Waals surface area contributed by atoms with Crippen LogP contribution in [0.5, 0.6) is 11.5 Å². The Morgan fingerprint density at radius 3 is 2.50 bits per heavy atom. The normalized spacial score (nSPS) is 18.0. The second-order valence-electron chi connectivity index (χ2n) is 11.1. The van der Waals surface area contributed by atoms with Crippen LogP contribution in [-0.2, 0) is 22.8 Å². The van der Waals surface area contributed by atoms with Crippen LogP contribution in [0.1, 0.15) is 36.6 Å². The van der Waals surface area contributed by atoms with E-state index in [1.165, 1.54) is 31.4 Å². The van der Waals surface area contributed by atoms with Crippen molar-refractivity contribution in [3.63, 3.8) is 0 Å². The first-order valence-electron chi connectivity index (χ1n) is 13.7. The largest absolute Gasteiger partial charge is 0.496 e. The van der Waals surface area contributed by atoms with Crippen LogP contribution in [-0.4, -0.2) is 39.4 Å². The van der Waals surface area contributed by atoms with E-state index in [4.69, 9.17) is 19.2 Å². The third-order valence-electron chi connectivity index (χ3n) is 7.85. The lowest BCUT2D eigenvalue weighted by atomic mass is 9.86. The van der Waals surface area contributed by atoms with E-state index < -0.39 is 35.5 Å². The number of carbonyl (C=O) groups excluding carboxylic acids is 1. The van der Waals surface area contributed by atoms with E-state index >= 15 is 0 Å². The van der Waals surface area contributed by atoms with Gasteiger partial charge in [0.2, 0.25) is 5.43 Å². The third kappa shape index (κ3) is 4.83. The zero-order valence-corrected chi connectivity index (χ0v) is 24.1. The van der Waals surface area contributed by atoms with Gasteiger partial charge in [-0.1, -0.05) is 30.3 Å². The fourth-order valence-corrected chi connectivity index (χ4v) is 5.70. The highest BCUT2D eigenvalue weighted by molar-refractivity contribution is 6.01. The first-order chi connectivity index (χ1) is 20.8. The molecule has 1 aliphatic rings. The maximum absolute atomic E-state index is 13.9. The number of aliphatic hydroxyl groups excluding tert-OH is 1. The standard InChI is InChI=1S/C33H27F3N2O6/c1-32(2)30(43-24(39)14-11-17-9-12-19(13-10-17)33(34,35)36)29(41)26-23(44-32)16-22(42-4)25-27(26)38(3)31-20(28(25)40)15-18-7-5-6-8-21(18)37-31/h5-16,29-30,41H,1-4H3/b14-11+/t29-,30-/m1/s1. The lowest BCUT2D eigenvalue weighted by Gasteiger charge is -2.42. The van der Waals surface area contributed by atoms with Crippen LogP contribution in [0.4, 0.5) is 13.2 Å². The summed E-state index contributed by atoms with van der Waals surface area (Å²) in [5.74, 6) is -0.360. The number of esters is 1. The number of ether oxygens (including phenoxy) is 3. The number of para-hydroxylation sites is 1. The van der Waals surface area contributed by atoms with E-state index in [9.17, 15) is 27.9 Å². The molecule has 0 amide bonds. The summed E-state index contributed by atoms with van der Waals surface area (Å²) in [4.78, 5) is 31.6. The number of rotatable bonds is 4. The molecule has 44 heavy (non-hydrogen) atoms. The number of alkyl halides is 3. The zero-order valence-electron chi connectivity index (χ0n) is 24.1. The molecule has 1 aliphatic heterocycles. The summed E-state index contributed by atoms with van der Waals surface area (Å²) in [6.45, 7) is 3.28. The Morgan fingerprint density at radius 2 is 1.82 bits per heavy atom. The van der Waals surface area contributed by atoms with E-state index in [0.717, 1.165) is 23.6 Å². The average Bonchev–Trinajstić information content (AvgIpc) is 2.98. The van der Waals surface area contributed by atoms with Gasteiger partial charge in [-0.15, -0.1) is 0 Å². The highest BCUT2D eigenvalue weighted by Gasteiger charge is 2.47. The SMILES string of the molecule is COc1cc2c(c3c1c(=O)c1cc4ccccc4nc1n3C)[C@@H](O)[C@@H](OC(=O)/C=C/c1ccc(C(F)(F)F)cc1)C(C)(C)O2. The lowest BCUT2D eigenvalue weighted by Crippen LogP contribution is -2.51. The molecule has 0 bridgehead atoms. The number of benzene rings is 3. The number of halogens is 3. The summed E-state index contributed by atoms with van der Waals surface area (Å²) in [5, 5.41) is 13.1. The van der Waals surface area contributed by atoms with Crippen molar-refractivity contribution in [3.05, 3.63) is 93.7 Å². The van der Waals surface area contributed by atoms with Gasteiger partial charge < -0.3 is 23.9 Å². The van der Waals surface area contributed by atoms with Crippen LogP contribution in [0.3, 0.4) is 0 Å². The van der Waals surface area contributed by atoms with Crippen LogP contribution >= 0.6 is 0 Å². The van der Waals surface area contributed by atoms with Crippen LogP contribution in [0.15, 0.2) is 71.5 Å². The molecule has 0 radical (unpaired) electrons. The molecule has 0 saturated carbocycles. The van der Waals surface area contributed by atoms with E-state index in [-0.39, 0.29) is 27.9 Å². The number of pyridine rings is 2. The molecule has 2 atom stereocenters. The Bertz CT molecular complexity index is 2050. The number of carbonyl (C=O) groups is 1. The molecule has 2 aromatic heterocycles. The highest BCUT2D eigenvalue weighted by Crippen LogP contribution is 2.47. The van der Waals surface area contributed by atoms with Gasteiger partial charge >= 0.3 is 12.1 Å². The predicted octanol–water partition coefficient (Wildman–Crippen LogP) is 6.10. The molecule has 1 N–H and O–H groups in total. The lowest BCUT2D eigenvalue weighted by molar-refractivity contribution is -0.171. The molecular formula is C33H27F3N2O6. The second-order valence-corrected chi connectivity index (χ2v) is 11.1. The van der Waals surface area contributed by atoms with Crippen molar-refractivity contribution < 1.29 is 37.3 Å². The molecule has 0 spiro atoms. The van der Waals surface area contributed by atoms with Crippen molar-refractivity contribution in [1.29, 1.82) is 0 Å². The molecule has 0 fully saturated rings. The number of hydrogen-bond acceptors (Lipinski definition) is 7. The Morgan fingerprint density at radius 1 is 1.11 bits per heavy atom. The summed E-state index contributed by atoms with van der Waals surface area (Å²) < 4.78 is 57.9. The van der Waals surface area contributed by atoms with Gasteiger partial charge in [0, 0.05) is 24.6 Å². The molecule has 11 heteroatoms. The molecule has 8 nitrogen and oxygen atoms in total. The van der Waals surface area contributed by atoms with Crippen molar-refractivity contribution in [2.45, 2.75) is 37.8 Å². The van der Waals surface area contributed by atoms with E-state index in [1.54, 1.807) is 31.5 Å². The Hall–Kier alpha value is -4.90. The summed E-state index contributed by atoms with van der Waals surface area (Å²) in [6, 6.07) is 15.0. The number of fused-ring (bicyclic) bond motifs is 5. The average molecular weight is 605 g/mol. The molecule has 6 rings (SSSR count). The molecule has 226 valence electrons. The van der Waals surface area contributed by atoms with Crippen molar-refractivity contribution in [1.82, 2.24) is 9.55 Å². The van der Waals surface area contributed by atoms with Crippen LogP contribution in [0.25, 0.3) is 38.9 Å². The van der Waals surface area contributed by atoms with Crippen molar-refractivity contribution >= 4 is 44.9 Å². The number of aromatic nitrogens is 2. The van der Waals surface area contributed by atoms with Gasteiger partial charge in [-0.2, -0.15) is 13.2 Å². The molecular weight excluding hydrogens is 577 g/mol. The van der Waals surface area contributed by atoms with Gasteiger partial charge in [0.15, 0.2) is 6.10 Å². The third-order valence-corrected chi connectivity index (χ3v) is 7.85. The van der Waals surface area contributed by atoms with Gasteiger partial charge in [-0.25, -0.2) is 9.78 Å². The Labute approximate surface area is 248 Å². The first-order valence-corrected chi connectivity index (χ1v) is 13.7. The smallest absolute Gasteiger partial charge is 0.416 e. The Kier molecular flexibility index (Phi) is 6.88. The zero-order chi connectivity index (χ0) is 31.6. The quantitative estimate of drug-likeness (QED) is 0.150. The van der Waals surface area contributed by atoms with E-state index in [1.807, 2.05) is 24.3 Å². The number of methoxy groups -OCH3 is 1. The van der Waals surface area contributed by atoms with Crippen LogP contribution in [0, 0.1) is 0 Å². The van der Waals surface area contributed by atoms with Gasteiger partial charge in [0.05, 0.1) is 40.0 Å². The Balaban J connectivity index is 1.43. The van der Waals surface area contributed by atoms with Crippen molar-refractivity contribution in [3.8, 4) is 11.5 Å². The minimum absolute atomic E-state index is 0.202. The van der Waals surface area contributed by atoms with Gasteiger partial charge in [0.1, 0.15) is 28.9 Å². The molecule has 3 aromatic carbocycles. The number of hydrogen-bond donors (Lipinski definition) is 1. The van der Waals surface area contributed by atoms with Gasteiger partial charge in [-0.3, -0.25) is 4.79 Å². The number of aliphatic hydroxyl groups is 1. The van der Waals surface area contributed by atoms with Crippen LogP contribution < -0.4 is 14.9 Å². The predicted molar refractivity (Wildman–Crippen MR) is 159 cm³/mol. The minimum atomic E-state index is -4.48. The second kappa shape index (κ2) is 10.4. The highest BCUT2D eigenvalue weighted by atomic mass is 19.4. The summed E-state index contributed by atoms with van der Waals surface area (Å²) >= 11 is 0.